The van der Waals surface area contributed by atoms with Crippen LogP contribution in [0.2, 0.25) is 0 Å². The minimum absolute atomic E-state index is 0.0266. The van der Waals surface area contributed by atoms with Crippen molar-refractivity contribution in [2.75, 3.05) is 26.2 Å². The van der Waals surface area contributed by atoms with Crippen molar-refractivity contribution in [3.8, 4) is 0 Å². The van der Waals surface area contributed by atoms with Crippen LogP contribution >= 0.6 is 0 Å². The third kappa shape index (κ3) is 3.86. The number of carbonyl (C=O) groups is 2. The lowest BCUT2D eigenvalue weighted by molar-refractivity contribution is -0.132. The van der Waals surface area contributed by atoms with Crippen LogP contribution < -0.4 is 5.32 Å². The number of fused-ring (bicyclic) bond motifs is 1. The molecule has 1 N–H and O–H groups in total. The van der Waals surface area contributed by atoms with Crippen LogP contribution in [0.5, 0.6) is 0 Å². The standard InChI is InChI=1S/C18H26N4O2/c1-2-20-18(24)22-9-5-15-10-17(23)21(8-6-16(15)13-22)12-14-4-3-7-19-11-14/h3-4,7,11,15-16H,2,5-6,8-10,12-13H2,1H3,(H,20,24). The second-order valence-corrected chi connectivity index (χ2v) is 6.76. The van der Waals surface area contributed by atoms with E-state index in [1.807, 2.05) is 35.1 Å². The molecule has 130 valence electrons. The van der Waals surface area contributed by atoms with Crippen molar-refractivity contribution >= 4 is 11.9 Å². The molecule has 3 heterocycles. The van der Waals surface area contributed by atoms with Crippen molar-refractivity contribution in [2.45, 2.75) is 32.7 Å². The number of likely N-dealkylation sites (tertiary alicyclic amines) is 2. The molecule has 2 atom stereocenters. The number of urea groups is 1. The minimum Gasteiger partial charge on any atom is -0.338 e. The zero-order valence-electron chi connectivity index (χ0n) is 14.3. The first-order valence-electron chi connectivity index (χ1n) is 8.86. The lowest BCUT2D eigenvalue weighted by Crippen LogP contribution is -2.48. The van der Waals surface area contributed by atoms with Gasteiger partial charge < -0.3 is 15.1 Å². The predicted octanol–water partition coefficient (Wildman–Crippen LogP) is 1.87. The maximum Gasteiger partial charge on any atom is 0.317 e. The minimum atomic E-state index is 0.0266. The lowest BCUT2D eigenvalue weighted by Gasteiger charge is -2.37. The SMILES string of the molecule is CCNC(=O)N1CCC2CC(=O)N(Cc3cccnc3)CCC2C1. The molecular formula is C18H26N4O2. The number of nitrogens with one attached hydrogen (secondary N) is 1. The molecule has 6 nitrogen and oxygen atoms in total. The number of amides is 3. The van der Waals surface area contributed by atoms with Gasteiger partial charge in [0.25, 0.3) is 0 Å². The Hall–Kier alpha value is -2.11. The molecule has 2 fully saturated rings. The van der Waals surface area contributed by atoms with Crippen LogP contribution in [-0.2, 0) is 11.3 Å². The van der Waals surface area contributed by atoms with Gasteiger partial charge in [-0.05, 0) is 43.2 Å². The van der Waals surface area contributed by atoms with Crippen LogP contribution in [0.4, 0.5) is 4.79 Å². The van der Waals surface area contributed by atoms with Gasteiger partial charge in [-0.2, -0.15) is 0 Å². The molecule has 0 bridgehead atoms. The fraction of sp³-hybridized carbons (Fsp3) is 0.611. The highest BCUT2D eigenvalue weighted by atomic mass is 16.2. The summed E-state index contributed by atoms with van der Waals surface area (Å²) in [5.74, 6) is 1.06. The summed E-state index contributed by atoms with van der Waals surface area (Å²) in [5, 5.41) is 2.88. The van der Waals surface area contributed by atoms with Crippen LogP contribution in [0.25, 0.3) is 0 Å². The van der Waals surface area contributed by atoms with Gasteiger partial charge in [-0.25, -0.2) is 4.79 Å². The molecule has 3 amide bonds. The zero-order chi connectivity index (χ0) is 16.9. The number of carbonyl (C=O) groups excluding carboxylic acids is 2. The highest BCUT2D eigenvalue weighted by Gasteiger charge is 2.36. The highest BCUT2D eigenvalue weighted by molar-refractivity contribution is 5.77. The summed E-state index contributed by atoms with van der Waals surface area (Å²) >= 11 is 0. The Balaban J connectivity index is 1.62. The number of hydrogen-bond donors (Lipinski definition) is 1. The molecule has 2 saturated heterocycles. The van der Waals surface area contributed by atoms with Crippen molar-refractivity contribution in [2.24, 2.45) is 11.8 Å². The number of hydrogen-bond acceptors (Lipinski definition) is 3. The fourth-order valence-corrected chi connectivity index (χ4v) is 3.80. The summed E-state index contributed by atoms with van der Waals surface area (Å²) in [6.45, 7) is 5.50. The Morgan fingerprint density at radius 1 is 1.33 bits per heavy atom. The van der Waals surface area contributed by atoms with E-state index in [1.165, 1.54) is 0 Å². The molecule has 2 aliphatic heterocycles. The second-order valence-electron chi connectivity index (χ2n) is 6.76. The molecule has 0 aliphatic carbocycles. The number of pyridine rings is 1. The third-order valence-corrected chi connectivity index (χ3v) is 5.16. The molecule has 0 aromatic carbocycles. The zero-order valence-corrected chi connectivity index (χ0v) is 14.3. The normalized spacial score (nSPS) is 24.3. The first-order chi connectivity index (χ1) is 11.7. The Morgan fingerprint density at radius 2 is 2.17 bits per heavy atom. The number of rotatable bonds is 3. The molecule has 2 aliphatic rings. The molecule has 0 spiro atoms. The summed E-state index contributed by atoms with van der Waals surface area (Å²) in [5.41, 5.74) is 1.07. The molecular weight excluding hydrogens is 304 g/mol. The summed E-state index contributed by atoms with van der Waals surface area (Å²) in [7, 11) is 0. The Morgan fingerprint density at radius 3 is 2.92 bits per heavy atom. The van der Waals surface area contributed by atoms with Gasteiger partial charge in [0.15, 0.2) is 0 Å². The van der Waals surface area contributed by atoms with Crippen LogP contribution in [0.1, 0.15) is 31.7 Å². The van der Waals surface area contributed by atoms with Gasteiger partial charge in [0.2, 0.25) is 5.91 Å². The quantitative estimate of drug-likeness (QED) is 0.920. The molecule has 0 saturated carbocycles. The monoisotopic (exact) mass is 330 g/mol. The van der Waals surface area contributed by atoms with Crippen molar-refractivity contribution < 1.29 is 9.59 Å². The van der Waals surface area contributed by atoms with Gasteiger partial charge >= 0.3 is 6.03 Å². The smallest absolute Gasteiger partial charge is 0.317 e. The van der Waals surface area contributed by atoms with Crippen LogP contribution in [0.3, 0.4) is 0 Å². The van der Waals surface area contributed by atoms with Crippen LogP contribution in [-0.4, -0.2) is 52.9 Å². The maximum absolute atomic E-state index is 12.6. The van der Waals surface area contributed by atoms with E-state index in [2.05, 4.69) is 10.3 Å². The van der Waals surface area contributed by atoms with Gasteiger partial charge in [0.05, 0.1) is 0 Å². The largest absolute Gasteiger partial charge is 0.338 e. The first-order valence-corrected chi connectivity index (χ1v) is 8.86. The fourth-order valence-electron chi connectivity index (χ4n) is 3.80. The number of aromatic nitrogens is 1. The maximum atomic E-state index is 12.6. The van der Waals surface area contributed by atoms with E-state index in [0.29, 0.717) is 31.3 Å². The van der Waals surface area contributed by atoms with Gasteiger partial charge in [-0.1, -0.05) is 6.07 Å². The summed E-state index contributed by atoms with van der Waals surface area (Å²) in [6, 6.07) is 3.94. The molecule has 6 heteroatoms. The van der Waals surface area contributed by atoms with Crippen molar-refractivity contribution in [3.63, 3.8) is 0 Å². The van der Waals surface area contributed by atoms with E-state index in [1.54, 1.807) is 6.20 Å². The summed E-state index contributed by atoms with van der Waals surface area (Å²) in [4.78, 5) is 32.7. The van der Waals surface area contributed by atoms with E-state index in [0.717, 1.165) is 38.0 Å². The van der Waals surface area contributed by atoms with E-state index in [-0.39, 0.29) is 11.9 Å². The van der Waals surface area contributed by atoms with Crippen LogP contribution in [0, 0.1) is 11.8 Å². The molecule has 1 aromatic heterocycles. The lowest BCUT2D eigenvalue weighted by atomic mass is 9.82. The summed E-state index contributed by atoms with van der Waals surface area (Å²) in [6.07, 6.45) is 6.06. The van der Waals surface area contributed by atoms with Crippen molar-refractivity contribution in [1.29, 1.82) is 0 Å². The van der Waals surface area contributed by atoms with Gasteiger partial charge in [-0.3, -0.25) is 9.78 Å². The topological polar surface area (TPSA) is 65.5 Å². The van der Waals surface area contributed by atoms with Gasteiger partial charge in [0.1, 0.15) is 0 Å². The third-order valence-electron chi connectivity index (χ3n) is 5.16. The van der Waals surface area contributed by atoms with Gasteiger partial charge in [-0.15, -0.1) is 0 Å². The Labute approximate surface area is 143 Å². The van der Waals surface area contributed by atoms with Crippen molar-refractivity contribution in [1.82, 2.24) is 20.1 Å². The van der Waals surface area contributed by atoms with Crippen LogP contribution in [0.15, 0.2) is 24.5 Å². The Kier molecular flexibility index (Phi) is 5.33. The number of nitrogens with zero attached hydrogens (tertiary/aromatic N) is 3. The van der Waals surface area contributed by atoms with E-state index < -0.39 is 0 Å². The highest BCUT2D eigenvalue weighted by Crippen LogP contribution is 2.32. The Bertz CT molecular complexity index is 578. The molecule has 3 rings (SSSR count). The molecule has 2 unspecified atom stereocenters. The molecule has 24 heavy (non-hydrogen) atoms. The van der Waals surface area contributed by atoms with E-state index in [9.17, 15) is 9.59 Å². The molecule has 1 aromatic rings. The second kappa shape index (κ2) is 7.64. The summed E-state index contributed by atoms with van der Waals surface area (Å²) < 4.78 is 0. The average molecular weight is 330 g/mol. The first kappa shape index (κ1) is 16.7. The average Bonchev–Trinajstić information content (AvgIpc) is 2.75. The van der Waals surface area contributed by atoms with Crippen molar-refractivity contribution in [3.05, 3.63) is 30.1 Å². The predicted molar refractivity (Wildman–Crippen MR) is 91.1 cm³/mol. The number of piperidine rings is 1. The van der Waals surface area contributed by atoms with E-state index >= 15 is 0 Å². The van der Waals surface area contributed by atoms with Gasteiger partial charge in [0, 0.05) is 51.5 Å². The molecule has 0 radical (unpaired) electrons. The van der Waals surface area contributed by atoms with E-state index in [4.69, 9.17) is 0 Å².